The maximum atomic E-state index is 5.44. The number of ether oxygens (including phenoxy) is 2. The molecular weight excluding hydrogens is 356 g/mol. The Morgan fingerprint density at radius 1 is 1.00 bits per heavy atom. The number of rotatable bonds is 3. The first-order valence-corrected chi connectivity index (χ1v) is 7.96. The maximum Gasteiger partial charge on any atom is 0.161 e. The zero-order chi connectivity index (χ0) is 16.4. The van der Waals surface area contributed by atoms with Crippen LogP contribution in [0.1, 0.15) is 23.6 Å². The highest BCUT2D eigenvalue weighted by atomic mass is 79.9. The van der Waals surface area contributed by atoms with Crippen molar-refractivity contribution in [2.75, 3.05) is 14.2 Å². The fraction of sp³-hybridized carbons (Fsp3) is 0.167. The fourth-order valence-corrected chi connectivity index (χ4v) is 2.78. The average molecular weight is 373 g/mol. The summed E-state index contributed by atoms with van der Waals surface area (Å²) in [5.41, 5.74) is 7.97. The minimum atomic E-state index is 0.684. The number of allylic oxidation sites excluding steroid dienone is 1. The predicted octanol–water partition coefficient (Wildman–Crippen LogP) is 4.18. The van der Waals surface area contributed by atoms with Crippen molar-refractivity contribution in [3.63, 3.8) is 0 Å². The van der Waals surface area contributed by atoms with Crippen LogP contribution < -0.4 is 14.9 Å². The first-order chi connectivity index (χ1) is 11.1. The van der Waals surface area contributed by atoms with Crippen molar-refractivity contribution in [2.24, 2.45) is 5.10 Å². The molecule has 0 fully saturated rings. The Kier molecular flexibility index (Phi) is 4.39. The minimum Gasteiger partial charge on any atom is -0.493 e. The molecule has 0 bridgehead atoms. The molecule has 23 heavy (non-hydrogen) atoms. The Bertz CT molecular complexity index is 795. The summed E-state index contributed by atoms with van der Waals surface area (Å²) >= 11 is 3.47. The second-order valence-corrected chi connectivity index (χ2v) is 6.12. The van der Waals surface area contributed by atoms with Crippen LogP contribution in [0.25, 0.3) is 6.08 Å². The molecule has 0 atom stereocenters. The molecule has 4 nitrogen and oxygen atoms in total. The van der Waals surface area contributed by atoms with E-state index in [1.165, 1.54) is 0 Å². The van der Waals surface area contributed by atoms with Crippen LogP contribution in [0.2, 0.25) is 0 Å². The molecule has 1 aliphatic rings. The van der Waals surface area contributed by atoms with E-state index in [0.717, 1.165) is 32.6 Å². The number of hydrazone groups is 1. The lowest BCUT2D eigenvalue weighted by molar-refractivity contribution is 0.355. The van der Waals surface area contributed by atoms with Gasteiger partial charge in [0, 0.05) is 21.3 Å². The summed E-state index contributed by atoms with van der Waals surface area (Å²) in [5.74, 6) is 1.39. The Hall–Kier alpha value is -2.27. The van der Waals surface area contributed by atoms with Gasteiger partial charge < -0.3 is 9.47 Å². The summed E-state index contributed by atoms with van der Waals surface area (Å²) in [6.45, 7) is 1.98. The van der Waals surface area contributed by atoms with Crippen molar-refractivity contribution in [3.8, 4) is 11.5 Å². The Labute approximate surface area is 143 Å². The van der Waals surface area contributed by atoms with Crippen molar-refractivity contribution >= 4 is 27.7 Å². The van der Waals surface area contributed by atoms with E-state index in [2.05, 4.69) is 26.5 Å². The molecule has 0 unspecified atom stereocenters. The molecule has 0 spiro atoms. The number of benzene rings is 2. The van der Waals surface area contributed by atoms with Crippen molar-refractivity contribution in [1.82, 2.24) is 5.43 Å². The van der Waals surface area contributed by atoms with E-state index in [1.54, 1.807) is 14.2 Å². The molecule has 1 heterocycles. The highest BCUT2D eigenvalue weighted by Crippen LogP contribution is 2.33. The van der Waals surface area contributed by atoms with E-state index in [9.17, 15) is 0 Å². The van der Waals surface area contributed by atoms with Crippen molar-refractivity contribution in [2.45, 2.75) is 6.92 Å². The summed E-state index contributed by atoms with van der Waals surface area (Å²) in [4.78, 5) is 0. The van der Waals surface area contributed by atoms with Gasteiger partial charge in [-0.25, -0.2) is 0 Å². The zero-order valence-corrected chi connectivity index (χ0v) is 14.8. The lowest BCUT2D eigenvalue weighted by Gasteiger charge is -2.14. The fourth-order valence-electron chi connectivity index (χ4n) is 2.52. The van der Waals surface area contributed by atoms with Gasteiger partial charge in [-0.05, 0) is 42.8 Å². The van der Waals surface area contributed by atoms with Gasteiger partial charge in [0.1, 0.15) is 0 Å². The molecule has 118 valence electrons. The maximum absolute atomic E-state index is 5.44. The molecular formula is C18H17BrN2O2. The SMILES string of the molecule is COc1cc2c(cc1OC)C(c1ccc(Br)cc1)=NNC(C)=C2. The second-order valence-electron chi connectivity index (χ2n) is 5.20. The van der Waals surface area contributed by atoms with Crippen molar-refractivity contribution in [1.29, 1.82) is 0 Å². The molecule has 0 radical (unpaired) electrons. The van der Waals surface area contributed by atoms with E-state index in [0.29, 0.717) is 11.5 Å². The monoisotopic (exact) mass is 372 g/mol. The van der Waals surface area contributed by atoms with Crippen LogP contribution in [-0.4, -0.2) is 19.9 Å². The van der Waals surface area contributed by atoms with Gasteiger partial charge in [-0.2, -0.15) is 5.10 Å². The first-order valence-electron chi connectivity index (χ1n) is 7.16. The number of halogens is 1. The minimum absolute atomic E-state index is 0.684. The Balaban J connectivity index is 2.20. The average Bonchev–Trinajstić information content (AvgIpc) is 2.72. The van der Waals surface area contributed by atoms with Gasteiger partial charge in [-0.15, -0.1) is 0 Å². The number of nitrogens with one attached hydrogen (secondary N) is 1. The highest BCUT2D eigenvalue weighted by Gasteiger charge is 2.18. The molecule has 0 saturated carbocycles. The predicted molar refractivity (Wildman–Crippen MR) is 96.1 cm³/mol. The summed E-state index contributed by atoms with van der Waals surface area (Å²) < 4.78 is 11.9. The van der Waals surface area contributed by atoms with E-state index in [1.807, 2.05) is 49.4 Å². The molecule has 0 saturated heterocycles. The number of nitrogens with zero attached hydrogens (tertiary/aromatic N) is 1. The van der Waals surface area contributed by atoms with Gasteiger partial charge >= 0.3 is 0 Å². The third-order valence-electron chi connectivity index (χ3n) is 3.64. The Morgan fingerprint density at radius 2 is 1.65 bits per heavy atom. The quantitative estimate of drug-likeness (QED) is 0.878. The van der Waals surface area contributed by atoms with Gasteiger partial charge in [0.2, 0.25) is 0 Å². The second kappa shape index (κ2) is 6.46. The van der Waals surface area contributed by atoms with Gasteiger partial charge in [-0.1, -0.05) is 28.1 Å². The molecule has 3 rings (SSSR count). The Morgan fingerprint density at radius 3 is 2.30 bits per heavy atom. The van der Waals surface area contributed by atoms with Crippen LogP contribution in [-0.2, 0) is 0 Å². The lowest BCUT2D eigenvalue weighted by Crippen LogP contribution is -2.10. The standard InChI is InChI=1S/C18H17BrN2O2/c1-11-8-13-9-16(22-2)17(23-3)10-15(13)18(21-20-11)12-4-6-14(19)7-5-12/h4-10,20H,1-3H3. The zero-order valence-electron chi connectivity index (χ0n) is 13.2. The summed E-state index contributed by atoms with van der Waals surface area (Å²) in [6.07, 6.45) is 2.05. The molecule has 1 N–H and O–H groups in total. The third-order valence-corrected chi connectivity index (χ3v) is 4.17. The highest BCUT2D eigenvalue weighted by molar-refractivity contribution is 9.10. The topological polar surface area (TPSA) is 42.9 Å². The summed E-state index contributed by atoms with van der Waals surface area (Å²) in [6, 6.07) is 12.0. The number of hydrogen-bond acceptors (Lipinski definition) is 4. The normalized spacial score (nSPS) is 13.2. The van der Waals surface area contributed by atoms with E-state index >= 15 is 0 Å². The van der Waals surface area contributed by atoms with Crippen LogP contribution in [0.15, 0.2) is 51.7 Å². The van der Waals surface area contributed by atoms with Crippen LogP contribution in [0, 0.1) is 0 Å². The molecule has 2 aromatic carbocycles. The van der Waals surface area contributed by atoms with Crippen molar-refractivity contribution in [3.05, 3.63) is 63.3 Å². The van der Waals surface area contributed by atoms with Crippen LogP contribution in [0.3, 0.4) is 0 Å². The number of methoxy groups -OCH3 is 2. The van der Waals surface area contributed by atoms with Crippen LogP contribution >= 0.6 is 15.9 Å². The number of fused-ring (bicyclic) bond motifs is 1. The van der Waals surface area contributed by atoms with Crippen molar-refractivity contribution < 1.29 is 9.47 Å². The van der Waals surface area contributed by atoms with Gasteiger partial charge in [0.15, 0.2) is 11.5 Å². The van der Waals surface area contributed by atoms with Gasteiger partial charge in [-0.3, -0.25) is 5.43 Å². The number of hydrogen-bond donors (Lipinski definition) is 1. The molecule has 0 amide bonds. The van der Waals surface area contributed by atoms with Crippen LogP contribution in [0.5, 0.6) is 11.5 Å². The van der Waals surface area contributed by atoms with Crippen LogP contribution in [0.4, 0.5) is 0 Å². The van der Waals surface area contributed by atoms with Gasteiger partial charge in [0.25, 0.3) is 0 Å². The lowest BCUT2D eigenvalue weighted by atomic mass is 9.96. The van der Waals surface area contributed by atoms with E-state index in [-0.39, 0.29) is 0 Å². The molecule has 0 aromatic heterocycles. The molecule has 0 aliphatic carbocycles. The third kappa shape index (κ3) is 3.10. The summed E-state index contributed by atoms with van der Waals surface area (Å²) in [7, 11) is 3.27. The molecule has 2 aromatic rings. The smallest absolute Gasteiger partial charge is 0.161 e. The summed E-state index contributed by atoms with van der Waals surface area (Å²) in [5, 5.41) is 4.56. The van der Waals surface area contributed by atoms with E-state index < -0.39 is 0 Å². The first kappa shape index (κ1) is 15.6. The van der Waals surface area contributed by atoms with Gasteiger partial charge in [0.05, 0.1) is 19.9 Å². The molecule has 1 aliphatic heterocycles. The molecule has 5 heteroatoms. The van der Waals surface area contributed by atoms with E-state index in [4.69, 9.17) is 9.47 Å². The largest absolute Gasteiger partial charge is 0.493 e.